The largest absolute Gasteiger partial charge is 0.384 e. The molecule has 2 aliphatic heterocycles. The van der Waals surface area contributed by atoms with Crippen molar-refractivity contribution in [2.75, 3.05) is 38.5 Å². The van der Waals surface area contributed by atoms with Gasteiger partial charge in [-0.15, -0.1) is 0 Å². The second-order valence-electron chi connectivity index (χ2n) is 8.12. The minimum absolute atomic E-state index is 0.000553. The van der Waals surface area contributed by atoms with E-state index in [-0.39, 0.29) is 24.6 Å². The third kappa shape index (κ3) is 4.45. The maximum Gasteiger partial charge on any atom is 0.245 e. The molecule has 29 heavy (non-hydrogen) atoms. The first kappa shape index (κ1) is 19.9. The van der Waals surface area contributed by atoms with Crippen molar-refractivity contribution < 1.29 is 9.53 Å². The van der Waals surface area contributed by atoms with Crippen molar-refractivity contribution in [2.45, 2.75) is 44.9 Å². The molecule has 2 N–H and O–H groups in total. The normalized spacial score (nSPS) is 23.4. The van der Waals surface area contributed by atoms with Gasteiger partial charge in [0.15, 0.2) is 0 Å². The van der Waals surface area contributed by atoms with E-state index in [4.69, 9.17) is 10.5 Å². The Hall–Kier alpha value is -2.39. The molecule has 2 aromatic rings. The van der Waals surface area contributed by atoms with Gasteiger partial charge in [0.05, 0.1) is 30.6 Å². The average Bonchev–Trinajstić information content (AvgIpc) is 3.27. The molecule has 4 heterocycles. The number of ether oxygens (including phenoxy) is 1. The van der Waals surface area contributed by atoms with Crippen LogP contribution in [0.3, 0.4) is 0 Å². The maximum absolute atomic E-state index is 13.3. The molecule has 0 unspecified atom stereocenters. The number of anilines is 1. The first-order valence-electron chi connectivity index (χ1n) is 10.4. The van der Waals surface area contributed by atoms with Crippen LogP contribution in [0.5, 0.6) is 0 Å². The van der Waals surface area contributed by atoms with Gasteiger partial charge in [-0.25, -0.2) is 4.68 Å². The number of aryl methyl sites for hydroxylation is 2. The van der Waals surface area contributed by atoms with E-state index in [2.05, 4.69) is 15.1 Å². The summed E-state index contributed by atoms with van der Waals surface area (Å²) in [6.07, 6.45) is 7.50. The van der Waals surface area contributed by atoms with Gasteiger partial charge in [-0.1, -0.05) is 6.42 Å². The zero-order chi connectivity index (χ0) is 20.4. The Labute approximate surface area is 171 Å². The van der Waals surface area contributed by atoms with Gasteiger partial charge in [0.1, 0.15) is 12.4 Å². The van der Waals surface area contributed by atoms with Crippen LogP contribution in [0.25, 0.3) is 0 Å². The number of rotatable bonds is 5. The summed E-state index contributed by atoms with van der Waals surface area (Å²) < 4.78 is 9.55. The summed E-state index contributed by atoms with van der Waals surface area (Å²) in [6.45, 7) is 6.11. The fourth-order valence-electron chi connectivity index (χ4n) is 4.46. The molecule has 0 spiro atoms. The van der Waals surface area contributed by atoms with Gasteiger partial charge >= 0.3 is 0 Å². The van der Waals surface area contributed by atoms with Crippen molar-refractivity contribution >= 4 is 11.7 Å². The van der Waals surface area contributed by atoms with E-state index in [1.54, 1.807) is 15.4 Å². The van der Waals surface area contributed by atoms with E-state index < -0.39 is 0 Å². The molecule has 4 rings (SSSR count). The topological polar surface area (TPSA) is 94.4 Å². The maximum atomic E-state index is 13.3. The van der Waals surface area contributed by atoms with Crippen molar-refractivity contribution in [1.29, 1.82) is 0 Å². The highest BCUT2D eigenvalue weighted by atomic mass is 16.5. The Bertz CT molecular complexity index is 840. The Morgan fingerprint density at radius 2 is 2.07 bits per heavy atom. The fourth-order valence-corrected chi connectivity index (χ4v) is 4.46. The molecule has 158 valence electrons. The molecule has 0 saturated carbocycles. The van der Waals surface area contributed by atoms with Crippen molar-refractivity contribution in [2.24, 2.45) is 7.05 Å². The smallest absolute Gasteiger partial charge is 0.245 e. The van der Waals surface area contributed by atoms with Crippen LogP contribution in [-0.4, -0.2) is 74.2 Å². The molecule has 9 nitrogen and oxygen atoms in total. The van der Waals surface area contributed by atoms with Gasteiger partial charge in [-0.05, 0) is 32.9 Å². The zero-order valence-electron chi connectivity index (χ0n) is 17.3. The standard InChI is InChI=1S/C20H31N7O2/c1-15-10-18(21)27(23-15)14-19(28)26-8-9-29-17(13-25-6-4-3-5-7-25)20(26)16-11-22-24(2)12-16/h10-12,17,20H,3-9,13-14,21H2,1-2H3/t17-,20-/m0/s1. The van der Waals surface area contributed by atoms with E-state index in [9.17, 15) is 4.79 Å². The zero-order valence-corrected chi connectivity index (χ0v) is 17.3. The molecule has 2 atom stereocenters. The molecular weight excluding hydrogens is 370 g/mol. The minimum atomic E-state index is -0.162. The van der Waals surface area contributed by atoms with Crippen LogP contribution in [0.15, 0.2) is 18.5 Å². The number of nitrogens with two attached hydrogens (primary N) is 1. The summed E-state index contributed by atoms with van der Waals surface area (Å²) in [5.74, 6) is 0.507. The third-order valence-electron chi connectivity index (χ3n) is 5.84. The summed E-state index contributed by atoms with van der Waals surface area (Å²) in [5.41, 5.74) is 7.82. The number of morpholine rings is 1. The third-order valence-corrected chi connectivity index (χ3v) is 5.84. The first-order chi connectivity index (χ1) is 14.0. The fraction of sp³-hybridized carbons (Fsp3) is 0.650. The number of likely N-dealkylation sites (tertiary alicyclic amines) is 1. The van der Waals surface area contributed by atoms with Crippen LogP contribution in [0, 0.1) is 6.92 Å². The number of piperidine rings is 1. The molecule has 2 aromatic heterocycles. The molecule has 0 aromatic carbocycles. The van der Waals surface area contributed by atoms with Crippen molar-refractivity contribution in [3.8, 4) is 0 Å². The minimum Gasteiger partial charge on any atom is -0.384 e. The predicted molar refractivity (Wildman–Crippen MR) is 109 cm³/mol. The Morgan fingerprint density at radius 1 is 1.28 bits per heavy atom. The summed E-state index contributed by atoms with van der Waals surface area (Å²) in [7, 11) is 1.90. The summed E-state index contributed by atoms with van der Waals surface area (Å²) in [6, 6.07) is 1.62. The van der Waals surface area contributed by atoms with Gasteiger partial charge in [-0.3, -0.25) is 9.48 Å². The quantitative estimate of drug-likeness (QED) is 0.802. The molecule has 2 fully saturated rings. The molecule has 1 amide bonds. The number of carbonyl (C=O) groups excluding carboxylic acids is 1. The molecule has 0 aliphatic carbocycles. The molecule has 0 bridgehead atoms. The number of hydrogen-bond acceptors (Lipinski definition) is 6. The lowest BCUT2D eigenvalue weighted by Crippen LogP contribution is -2.53. The highest BCUT2D eigenvalue weighted by Crippen LogP contribution is 2.31. The SMILES string of the molecule is Cc1cc(N)n(CC(=O)N2CCO[C@@H](CN3CCCCC3)[C@@H]2c2cnn(C)c2)n1. The number of nitrogen functional groups attached to an aromatic ring is 1. The summed E-state index contributed by atoms with van der Waals surface area (Å²) in [5, 5.41) is 8.69. The number of nitrogens with zero attached hydrogens (tertiary/aromatic N) is 6. The van der Waals surface area contributed by atoms with E-state index >= 15 is 0 Å². The number of amides is 1. The van der Waals surface area contributed by atoms with Gasteiger partial charge in [-0.2, -0.15) is 10.2 Å². The van der Waals surface area contributed by atoms with E-state index in [0.717, 1.165) is 30.9 Å². The molecule has 2 saturated heterocycles. The van der Waals surface area contributed by atoms with E-state index in [0.29, 0.717) is 19.0 Å². The van der Waals surface area contributed by atoms with Crippen LogP contribution in [0.4, 0.5) is 5.82 Å². The Kier molecular flexibility index (Phi) is 5.86. The number of hydrogen-bond donors (Lipinski definition) is 1. The second kappa shape index (κ2) is 8.54. The summed E-state index contributed by atoms with van der Waals surface area (Å²) in [4.78, 5) is 17.7. The number of aromatic nitrogens is 4. The molecule has 0 radical (unpaired) electrons. The van der Waals surface area contributed by atoms with Crippen LogP contribution >= 0.6 is 0 Å². The molecular formula is C20H31N7O2. The average molecular weight is 402 g/mol. The first-order valence-corrected chi connectivity index (χ1v) is 10.4. The number of carbonyl (C=O) groups is 1. The monoisotopic (exact) mass is 401 g/mol. The lowest BCUT2D eigenvalue weighted by atomic mass is 9.99. The van der Waals surface area contributed by atoms with Crippen molar-refractivity contribution in [1.82, 2.24) is 29.4 Å². The van der Waals surface area contributed by atoms with Crippen LogP contribution in [0.1, 0.15) is 36.6 Å². The lowest BCUT2D eigenvalue weighted by molar-refractivity contribution is -0.149. The van der Waals surface area contributed by atoms with E-state index in [1.165, 1.54) is 19.3 Å². The molecule has 2 aliphatic rings. The van der Waals surface area contributed by atoms with Gasteiger partial charge in [0.2, 0.25) is 5.91 Å². The molecule has 9 heteroatoms. The van der Waals surface area contributed by atoms with E-state index in [1.807, 2.05) is 31.3 Å². The Morgan fingerprint density at radius 3 is 2.72 bits per heavy atom. The van der Waals surface area contributed by atoms with Gasteiger partial charge in [0.25, 0.3) is 0 Å². The highest BCUT2D eigenvalue weighted by Gasteiger charge is 2.38. The van der Waals surface area contributed by atoms with Crippen LogP contribution < -0.4 is 5.73 Å². The van der Waals surface area contributed by atoms with Crippen LogP contribution in [-0.2, 0) is 23.1 Å². The van der Waals surface area contributed by atoms with Crippen LogP contribution in [0.2, 0.25) is 0 Å². The summed E-state index contributed by atoms with van der Waals surface area (Å²) >= 11 is 0. The van der Waals surface area contributed by atoms with Gasteiger partial charge < -0.3 is 20.3 Å². The highest BCUT2D eigenvalue weighted by molar-refractivity contribution is 5.77. The second-order valence-corrected chi connectivity index (χ2v) is 8.12. The van der Waals surface area contributed by atoms with Crippen molar-refractivity contribution in [3.05, 3.63) is 29.7 Å². The van der Waals surface area contributed by atoms with Crippen molar-refractivity contribution in [3.63, 3.8) is 0 Å². The lowest BCUT2D eigenvalue weighted by Gasteiger charge is -2.43. The van der Waals surface area contributed by atoms with Gasteiger partial charge in [0, 0.05) is 38.0 Å². The predicted octanol–water partition coefficient (Wildman–Crippen LogP) is 0.962. The Balaban J connectivity index is 1.56.